The van der Waals surface area contributed by atoms with Crippen LogP contribution in [-0.4, -0.2) is 95.9 Å². The molecule has 564 valence electrons. The van der Waals surface area contributed by atoms with Crippen molar-refractivity contribution in [1.82, 2.24) is 0 Å². The molecule has 0 aromatic carbocycles. The number of carbonyl (C=O) groups is 3. The second-order valence-corrected chi connectivity index (χ2v) is 27.6. The number of esters is 3. The Balaban J connectivity index is 4.74. The fourth-order valence-electron chi connectivity index (χ4n) is 9.51. The highest BCUT2D eigenvalue weighted by atomic mass is 31.2. The Morgan fingerprint density at radius 2 is 0.535 bits per heavy atom. The van der Waals surface area contributed by atoms with Crippen LogP contribution in [0.2, 0.25) is 0 Å². The summed E-state index contributed by atoms with van der Waals surface area (Å²) in [6.07, 6.45) is 89.8. The van der Waals surface area contributed by atoms with Crippen molar-refractivity contribution in [3.8, 4) is 0 Å². The lowest BCUT2D eigenvalue weighted by Gasteiger charge is -2.21. The molecule has 16 nitrogen and oxygen atoms in total. The number of hydrogen-bond donors (Lipinski definition) is 4. The zero-order valence-electron chi connectivity index (χ0n) is 61.4. The summed E-state index contributed by atoms with van der Waals surface area (Å²) in [5.74, 6) is -1.63. The third-order valence-electron chi connectivity index (χ3n) is 15.2. The monoisotopic (exact) mass is 1420 g/mol. The number of rotatable bonds is 70. The molecule has 0 spiro atoms. The van der Waals surface area contributed by atoms with Gasteiger partial charge in [-0.3, -0.25) is 32.5 Å². The average molecular weight is 1430 g/mol. The number of ether oxygens (including phenoxy) is 3. The van der Waals surface area contributed by atoms with E-state index in [0.717, 1.165) is 199 Å². The Labute approximate surface area is 600 Å². The smallest absolute Gasteiger partial charge is 0.463 e. The summed E-state index contributed by atoms with van der Waals surface area (Å²) in [5.41, 5.74) is 0. The van der Waals surface area contributed by atoms with Crippen molar-refractivity contribution in [2.45, 2.75) is 296 Å². The van der Waals surface area contributed by atoms with Crippen molar-refractivity contribution in [3.63, 3.8) is 0 Å². The van der Waals surface area contributed by atoms with Crippen molar-refractivity contribution >= 4 is 33.6 Å². The van der Waals surface area contributed by atoms with Gasteiger partial charge in [0.25, 0.3) is 0 Å². The molecule has 0 saturated heterocycles. The molecular weight excluding hydrogens is 1290 g/mol. The summed E-state index contributed by atoms with van der Waals surface area (Å²) in [7, 11) is -9.81. The SMILES string of the molecule is CC/C=C\C/C=C\C/C=C\C/C=C\C/C=C\CCCCCCCCCC(=O)OCC(O)COP(=O)(O)OCC(O)COP(=O)(O)OCC(COC(=O)CCCCCCC/C=C\C/C=C\C/C=C\C/C=C\C/C=C\CC)OC(=O)CCCCCCCC/C=C\C/C=C\C/C=C\CCCCC. The molecule has 0 aromatic rings. The van der Waals surface area contributed by atoms with Gasteiger partial charge in [0.1, 0.15) is 25.4 Å². The molecule has 99 heavy (non-hydrogen) atoms. The van der Waals surface area contributed by atoms with E-state index in [9.17, 15) is 43.5 Å². The van der Waals surface area contributed by atoms with Crippen LogP contribution in [0.1, 0.15) is 278 Å². The van der Waals surface area contributed by atoms with E-state index in [0.29, 0.717) is 19.3 Å². The van der Waals surface area contributed by atoms with Crippen LogP contribution >= 0.6 is 15.6 Å². The van der Waals surface area contributed by atoms with E-state index in [4.69, 9.17) is 32.3 Å². The predicted molar refractivity (Wildman–Crippen MR) is 408 cm³/mol. The highest BCUT2D eigenvalue weighted by molar-refractivity contribution is 7.47. The van der Waals surface area contributed by atoms with Gasteiger partial charge in [0.05, 0.1) is 26.4 Å². The van der Waals surface area contributed by atoms with E-state index < -0.39 is 91.5 Å². The van der Waals surface area contributed by atoms with Crippen LogP contribution in [0.4, 0.5) is 0 Å². The molecule has 18 heteroatoms. The van der Waals surface area contributed by atoms with Gasteiger partial charge in [-0.05, 0) is 148 Å². The average Bonchev–Trinajstić information content (AvgIpc) is 2.30. The maximum atomic E-state index is 13.0. The molecular formula is C81H134O16P2. The van der Waals surface area contributed by atoms with Gasteiger partial charge in [0.15, 0.2) is 6.10 Å². The van der Waals surface area contributed by atoms with E-state index in [1.807, 2.05) is 0 Å². The minimum atomic E-state index is -4.95. The molecule has 0 aliphatic carbocycles. The summed E-state index contributed by atoms with van der Waals surface area (Å²) < 4.78 is 61.1. The zero-order valence-corrected chi connectivity index (χ0v) is 63.1. The second-order valence-electron chi connectivity index (χ2n) is 24.7. The number of aliphatic hydroxyl groups is 2. The standard InChI is InChI=1S/C81H134O16P2/c1-4-7-10-13-16-19-22-25-28-31-34-36-37-39-42-43-46-49-52-55-58-61-64-67-79(84)91-70-76(82)71-93-98(87,88)94-72-77(83)73-95-99(89,90)96-75-78(97-81(86)69-66-63-60-57-54-51-48-45-40-33-30-27-24-21-18-15-12-9-6-3)74-92-80(85)68-65-62-59-56-53-50-47-44-41-38-35-32-29-26-23-20-17-14-11-8-5-2/h7-8,10-11,16-21,25-30,34-36,38-40,42,44-45,47,76-78,82-83H,4-6,9,12-15,22-24,31-33,37,41,43,46,48-75H2,1-3H3,(H,87,88)(H,89,90)/b10-7-,11-8-,19-16-,20-17-,21-18-,28-25-,29-26-,30-27-,36-34-,38-35-,42-39-,45-40-,47-44-. The van der Waals surface area contributed by atoms with Gasteiger partial charge < -0.3 is 34.2 Å². The van der Waals surface area contributed by atoms with Crippen molar-refractivity contribution in [1.29, 1.82) is 0 Å². The van der Waals surface area contributed by atoms with Crippen LogP contribution in [0, 0.1) is 0 Å². The third-order valence-corrected chi connectivity index (χ3v) is 17.1. The van der Waals surface area contributed by atoms with E-state index >= 15 is 0 Å². The van der Waals surface area contributed by atoms with Crippen LogP contribution in [0.25, 0.3) is 0 Å². The topological polar surface area (TPSA) is 231 Å². The van der Waals surface area contributed by atoms with Crippen molar-refractivity contribution in [2.75, 3.05) is 39.6 Å². The maximum Gasteiger partial charge on any atom is 0.472 e. The lowest BCUT2D eigenvalue weighted by atomic mass is 10.1. The largest absolute Gasteiger partial charge is 0.472 e. The Morgan fingerprint density at radius 3 is 0.848 bits per heavy atom. The van der Waals surface area contributed by atoms with E-state index in [-0.39, 0.29) is 19.3 Å². The maximum absolute atomic E-state index is 13.0. The molecule has 0 rings (SSSR count). The highest BCUT2D eigenvalue weighted by Crippen LogP contribution is 2.45. The minimum Gasteiger partial charge on any atom is -0.463 e. The van der Waals surface area contributed by atoms with E-state index in [1.165, 1.54) is 19.3 Å². The highest BCUT2D eigenvalue weighted by Gasteiger charge is 2.29. The molecule has 0 bridgehead atoms. The number of phosphoric acid groups is 2. The van der Waals surface area contributed by atoms with Crippen molar-refractivity contribution in [3.05, 3.63) is 158 Å². The van der Waals surface area contributed by atoms with Crippen LogP contribution in [0.5, 0.6) is 0 Å². The van der Waals surface area contributed by atoms with E-state index in [2.05, 4.69) is 179 Å². The van der Waals surface area contributed by atoms with Crippen molar-refractivity contribution < 1.29 is 75.8 Å². The van der Waals surface area contributed by atoms with Crippen LogP contribution < -0.4 is 0 Å². The molecule has 0 aromatic heterocycles. The first-order valence-corrected chi connectivity index (χ1v) is 40.8. The van der Waals surface area contributed by atoms with E-state index in [1.54, 1.807) is 0 Å². The molecule has 0 aliphatic rings. The number of allylic oxidation sites excluding steroid dienone is 26. The molecule has 0 radical (unpaired) electrons. The Bertz CT molecular complexity index is 2430. The molecule has 0 fully saturated rings. The number of unbranched alkanes of at least 4 members (excludes halogenated alkanes) is 21. The molecule has 5 atom stereocenters. The van der Waals surface area contributed by atoms with Gasteiger partial charge in [0, 0.05) is 19.3 Å². The first-order chi connectivity index (χ1) is 48.2. The van der Waals surface area contributed by atoms with Gasteiger partial charge in [0.2, 0.25) is 0 Å². The fraction of sp³-hybridized carbons (Fsp3) is 0.642. The number of carbonyl (C=O) groups excluding carboxylic acids is 3. The summed E-state index contributed by atoms with van der Waals surface area (Å²) >= 11 is 0. The Kier molecular flexibility index (Phi) is 69.4. The number of hydrogen-bond acceptors (Lipinski definition) is 14. The molecule has 0 saturated carbocycles. The predicted octanol–water partition coefficient (Wildman–Crippen LogP) is 21.9. The fourth-order valence-corrected chi connectivity index (χ4v) is 11.1. The number of phosphoric ester groups is 2. The Hall–Kier alpha value is -4.83. The lowest BCUT2D eigenvalue weighted by molar-refractivity contribution is -0.161. The Morgan fingerprint density at radius 1 is 0.293 bits per heavy atom. The molecule has 0 heterocycles. The zero-order chi connectivity index (χ0) is 72.3. The molecule has 4 N–H and O–H groups in total. The third kappa shape index (κ3) is 74.2. The van der Waals surface area contributed by atoms with Gasteiger partial charge in [-0.1, -0.05) is 269 Å². The van der Waals surface area contributed by atoms with Crippen molar-refractivity contribution in [2.24, 2.45) is 0 Å². The number of aliphatic hydroxyl groups excluding tert-OH is 2. The van der Waals surface area contributed by atoms with Crippen LogP contribution in [0.15, 0.2) is 158 Å². The first-order valence-electron chi connectivity index (χ1n) is 37.8. The first kappa shape index (κ1) is 94.2. The van der Waals surface area contributed by atoms with Gasteiger partial charge in [-0.25, -0.2) is 9.13 Å². The van der Waals surface area contributed by atoms with Gasteiger partial charge in [-0.2, -0.15) is 0 Å². The summed E-state index contributed by atoms with van der Waals surface area (Å²) in [5, 5.41) is 20.6. The summed E-state index contributed by atoms with van der Waals surface area (Å²) in [6, 6.07) is 0. The lowest BCUT2D eigenvalue weighted by Crippen LogP contribution is -2.30. The summed E-state index contributed by atoms with van der Waals surface area (Å²) in [6.45, 7) is 2.36. The quantitative estimate of drug-likeness (QED) is 0.0146. The van der Waals surface area contributed by atoms with Crippen LogP contribution in [0.3, 0.4) is 0 Å². The summed E-state index contributed by atoms with van der Waals surface area (Å²) in [4.78, 5) is 58.6. The minimum absolute atomic E-state index is 0.0797. The van der Waals surface area contributed by atoms with Gasteiger partial charge in [-0.15, -0.1) is 0 Å². The molecule has 0 amide bonds. The molecule has 5 unspecified atom stereocenters. The van der Waals surface area contributed by atoms with Crippen LogP contribution in [-0.2, 0) is 55.8 Å². The normalized spacial score (nSPS) is 14.9. The second kappa shape index (κ2) is 72.9. The molecule has 0 aliphatic heterocycles. The van der Waals surface area contributed by atoms with Gasteiger partial charge >= 0.3 is 33.6 Å².